The van der Waals surface area contributed by atoms with Crippen LogP contribution >= 0.6 is 0 Å². The van der Waals surface area contributed by atoms with Crippen LogP contribution in [0.15, 0.2) is 29.2 Å². The van der Waals surface area contributed by atoms with Gasteiger partial charge in [0.25, 0.3) is 15.7 Å². The summed E-state index contributed by atoms with van der Waals surface area (Å²) in [5.41, 5.74) is -0.585. The predicted molar refractivity (Wildman–Crippen MR) is 63.4 cm³/mol. The molecule has 104 valence electrons. The number of nitro groups is 1. The van der Waals surface area contributed by atoms with Crippen LogP contribution in [-0.2, 0) is 19.7 Å². The summed E-state index contributed by atoms with van der Waals surface area (Å²) in [6, 6.07) is 4.78. The number of hydrogen-bond acceptors (Lipinski definition) is 6. The van der Waals surface area contributed by atoms with Crippen molar-refractivity contribution in [2.75, 3.05) is 13.7 Å². The van der Waals surface area contributed by atoms with Gasteiger partial charge in [0.05, 0.1) is 4.92 Å². The number of benzene rings is 1. The van der Waals surface area contributed by atoms with Gasteiger partial charge in [-0.1, -0.05) is 17.0 Å². The third-order valence-electron chi connectivity index (χ3n) is 2.00. The van der Waals surface area contributed by atoms with Gasteiger partial charge in [-0.15, -0.1) is 0 Å². The van der Waals surface area contributed by atoms with Gasteiger partial charge >= 0.3 is 0 Å². The minimum absolute atomic E-state index is 0.545. The highest BCUT2D eigenvalue weighted by atomic mass is 32.2. The van der Waals surface area contributed by atoms with Crippen LogP contribution in [0.2, 0.25) is 0 Å². The maximum absolute atomic E-state index is 11.8. The number of nitrogens with zero attached hydrogens (tertiary/aromatic N) is 1. The number of carbonyl (C=O) groups excluding carboxylic acids is 1. The van der Waals surface area contributed by atoms with Gasteiger partial charge in [-0.2, -0.15) is 0 Å². The van der Waals surface area contributed by atoms with Crippen LogP contribution in [0.3, 0.4) is 0 Å². The summed E-state index contributed by atoms with van der Waals surface area (Å²) in [5, 5.41) is 12.9. The summed E-state index contributed by atoms with van der Waals surface area (Å²) < 4.78 is 23.5. The SMILES string of the molecule is CNC(=O)CONS(=O)(=O)c1ccccc1[N+](=O)[O-]. The minimum Gasteiger partial charge on any atom is -0.357 e. The maximum atomic E-state index is 11.8. The van der Waals surface area contributed by atoms with E-state index in [1.54, 1.807) is 4.89 Å². The van der Waals surface area contributed by atoms with E-state index in [0.29, 0.717) is 0 Å². The van der Waals surface area contributed by atoms with Crippen LogP contribution in [0.4, 0.5) is 5.69 Å². The van der Waals surface area contributed by atoms with E-state index in [9.17, 15) is 23.3 Å². The molecule has 0 aromatic heterocycles. The molecule has 1 aromatic rings. The molecule has 0 fully saturated rings. The van der Waals surface area contributed by atoms with E-state index in [4.69, 9.17) is 0 Å². The number of amides is 1. The smallest absolute Gasteiger partial charge is 0.289 e. The molecule has 0 unspecified atom stereocenters. The van der Waals surface area contributed by atoms with E-state index >= 15 is 0 Å². The first-order chi connectivity index (χ1) is 8.88. The number of likely N-dealkylation sites (N-methyl/N-ethyl adjacent to an activating group) is 1. The fourth-order valence-electron chi connectivity index (χ4n) is 1.12. The second-order valence-corrected chi connectivity index (χ2v) is 4.89. The molecule has 0 saturated carbocycles. The van der Waals surface area contributed by atoms with Crippen LogP contribution < -0.4 is 10.2 Å². The Kier molecular flexibility index (Phi) is 4.92. The number of rotatable bonds is 6. The van der Waals surface area contributed by atoms with E-state index in [2.05, 4.69) is 10.2 Å². The average molecular weight is 289 g/mol. The average Bonchev–Trinajstić information content (AvgIpc) is 2.38. The standard InChI is InChI=1S/C9H11N3O6S/c1-10-9(13)6-18-11-19(16,17)8-5-3-2-4-7(8)12(14)15/h2-5,11H,6H2,1H3,(H,10,13). The molecule has 0 atom stereocenters. The summed E-state index contributed by atoms with van der Waals surface area (Å²) >= 11 is 0. The number of nitro benzene ring substituents is 1. The molecule has 1 rings (SSSR count). The van der Waals surface area contributed by atoms with Crippen molar-refractivity contribution in [3.8, 4) is 0 Å². The zero-order valence-electron chi connectivity index (χ0n) is 9.82. The molecule has 0 heterocycles. The molecule has 1 amide bonds. The maximum Gasteiger partial charge on any atom is 0.289 e. The summed E-state index contributed by atoms with van der Waals surface area (Å²) in [5.74, 6) is -0.551. The van der Waals surface area contributed by atoms with Crippen LogP contribution in [0.1, 0.15) is 0 Å². The molecule has 19 heavy (non-hydrogen) atoms. The van der Waals surface area contributed by atoms with E-state index in [1.807, 2.05) is 0 Å². The number of carbonyl (C=O) groups is 1. The molecular formula is C9H11N3O6S. The van der Waals surface area contributed by atoms with E-state index < -0.39 is 38.0 Å². The Morgan fingerprint density at radius 3 is 2.63 bits per heavy atom. The second-order valence-electron chi connectivity index (χ2n) is 3.27. The molecule has 1 aromatic carbocycles. The molecule has 9 nitrogen and oxygen atoms in total. The first kappa shape index (κ1) is 15.0. The first-order valence-corrected chi connectivity index (χ1v) is 6.44. The number of hydrogen-bond donors (Lipinski definition) is 2. The predicted octanol–water partition coefficient (Wildman–Crippen LogP) is -0.449. The lowest BCUT2D eigenvalue weighted by molar-refractivity contribution is -0.387. The van der Waals surface area contributed by atoms with Gasteiger partial charge in [-0.25, -0.2) is 8.42 Å². The zero-order valence-corrected chi connectivity index (χ0v) is 10.6. The second kappa shape index (κ2) is 6.22. The van der Waals surface area contributed by atoms with Crippen LogP contribution in [-0.4, -0.2) is 32.9 Å². The molecule has 0 radical (unpaired) electrons. The van der Waals surface area contributed by atoms with Crippen molar-refractivity contribution in [3.63, 3.8) is 0 Å². The Morgan fingerprint density at radius 2 is 2.05 bits per heavy atom. The van der Waals surface area contributed by atoms with Gasteiger partial charge in [0, 0.05) is 13.1 Å². The third-order valence-corrected chi connectivity index (χ3v) is 3.26. The molecule has 0 aliphatic carbocycles. The van der Waals surface area contributed by atoms with Crippen molar-refractivity contribution in [1.29, 1.82) is 0 Å². The molecule has 0 spiro atoms. The molecule has 10 heteroatoms. The van der Waals surface area contributed by atoms with E-state index in [-0.39, 0.29) is 0 Å². The monoisotopic (exact) mass is 289 g/mol. The van der Waals surface area contributed by atoms with Crippen molar-refractivity contribution in [2.24, 2.45) is 0 Å². The molecular weight excluding hydrogens is 278 g/mol. The summed E-state index contributed by atoms with van der Waals surface area (Å²) in [6.07, 6.45) is 0. The Bertz CT molecular complexity index is 585. The van der Waals surface area contributed by atoms with Crippen LogP contribution in [0.5, 0.6) is 0 Å². The lowest BCUT2D eigenvalue weighted by atomic mass is 10.3. The third kappa shape index (κ3) is 3.98. The van der Waals surface area contributed by atoms with E-state index in [0.717, 1.165) is 12.1 Å². The summed E-state index contributed by atoms with van der Waals surface area (Å²) in [4.78, 5) is 26.3. The van der Waals surface area contributed by atoms with Crippen molar-refractivity contribution in [3.05, 3.63) is 34.4 Å². The van der Waals surface area contributed by atoms with Gasteiger partial charge in [-0.05, 0) is 6.07 Å². The molecule has 0 bridgehead atoms. The number of para-hydroxylation sites is 1. The highest BCUT2D eigenvalue weighted by Gasteiger charge is 2.25. The largest absolute Gasteiger partial charge is 0.357 e. The van der Waals surface area contributed by atoms with Crippen LogP contribution in [0, 0.1) is 10.1 Å². The molecule has 0 aliphatic rings. The van der Waals surface area contributed by atoms with Crippen LogP contribution in [0.25, 0.3) is 0 Å². The Balaban J connectivity index is 2.89. The molecule has 0 saturated heterocycles. The number of sulfonamides is 1. The van der Waals surface area contributed by atoms with Gasteiger partial charge in [-0.3, -0.25) is 19.7 Å². The normalized spacial score (nSPS) is 11.0. The van der Waals surface area contributed by atoms with Crippen molar-refractivity contribution in [1.82, 2.24) is 10.2 Å². The molecule has 0 aliphatic heterocycles. The Labute approximate surface area is 108 Å². The Hall–Kier alpha value is -2.04. The first-order valence-electron chi connectivity index (χ1n) is 4.96. The zero-order chi connectivity index (χ0) is 14.5. The highest BCUT2D eigenvalue weighted by molar-refractivity contribution is 7.89. The van der Waals surface area contributed by atoms with Gasteiger partial charge in [0.15, 0.2) is 4.90 Å². The Morgan fingerprint density at radius 1 is 1.42 bits per heavy atom. The minimum atomic E-state index is -4.23. The van der Waals surface area contributed by atoms with E-state index in [1.165, 1.54) is 19.2 Å². The van der Waals surface area contributed by atoms with Gasteiger partial charge in [0.2, 0.25) is 5.91 Å². The fourth-order valence-corrected chi connectivity index (χ4v) is 2.10. The van der Waals surface area contributed by atoms with Gasteiger partial charge < -0.3 is 5.32 Å². The van der Waals surface area contributed by atoms with Crippen molar-refractivity contribution < 1.29 is 23.0 Å². The van der Waals surface area contributed by atoms with Crippen molar-refractivity contribution >= 4 is 21.6 Å². The quantitative estimate of drug-likeness (QED) is 0.539. The van der Waals surface area contributed by atoms with Crippen molar-refractivity contribution in [2.45, 2.75) is 4.90 Å². The lowest BCUT2D eigenvalue weighted by Gasteiger charge is -2.06. The topological polar surface area (TPSA) is 128 Å². The summed E-state index contributed by atoms with van der Waals surface area (Å²) in [7, 11) is -2.88. The summed E-state index contributed by atoms with van der Waals surface area (Å²) in [6.45, 7) is -0.545. The fraction of sp³-hybridized carbons (Fsp3) is 0.222. The van der Waals surface area contributed by atoms with Gasteiger partial charge in [0.1, 0.15) is 6.61 Å². The molecule has 2 N–H and O–H groups in total. The number of nitrogens with one attached hydrogen (secondary N) is 2. The lowest BCUT2D eigenvalue weighted by Crippen LogP contribution is -2.31. The highest BCUT2D eigenvalue weighted by Crippen LogP contribution is 2.22.